The molecule has 0 aliphatic rings. The van der Waals surface area contributed by atoms with Gasteiger partial charge in [-0.15, -0.1) is 0 Å². The molecule has 2 heterocycles. The Balaban J connectivity index is 0.000000223. The molecule has 7 rings (SSSR count). The Kier molecular flexibility index (Phi) is 13.3. The normalized spacial score (nSPS) is 11.9. The fraction of sp³-hybridized carbons (Fsp3) is 0.292. The summed E-state index contributed by atoms with van der Waals surface area (Å²) in [6, 6.07) is 41.5. The van der Waals surface area contributed by atoms with E-state index in [9.17, 15) is 0 Å². The van der Waals surface area contributed by atoms with E-state index in [1.54, 1.807) is 4.40 Å². The molecule has 0 amide bonds. The van der Waals surface area contributed by atoms with E-state index in [1.165, 1.54) is 47.8 Å². The molecule has 7 aromatic rings. The Labute approximate surface area is 337 Å². The standard InChI is InChI=1S/C30H30GeN.C18H24GeN.Ir/c1-20(2)16-22-18-30(32-19-29(22)31(3,4)5)21-14-15-27-25-12-7-6-10-23(25)24-11-8-9-13-26(24)28(27)17-21;1-14(2)11-16-12-18(15-9-7-6-8-10-15)20-13-17(16)19(3,4)5;/h6-13,15,17-20H,16H2,1-5H3;6-9,12-14H,11H2,1-5H3;/q2*-1;. The number of hydrogen-bond acceptors (Lipinski definition) is 2. The van der Waals surface area contributed by atoms with Crippen molar-refractivity contribution in [3.63, 3.8) is 0 Å². The molecule has 53 heavy (non-hydrogen) atoms. The van der Waals surface area contributed by atoms with E-state index in [2.05, 4.69) is 166 Å². The van der Waals surface area contributed by atoms with Crippen LogP contribution in [0.5, 0.6) is 0 Å². The molecule has 0 aliphatic carbocycles. The van der Waals surface area contributed by atoms with Crippen molar-refractivity contribution >= 4 is 67.6 Å². The van der Waals surface area contributed by atoms with E-state index in [0.717, 1.165) is 35.4 Å². The first-order valence-electron chi connectivity index (χ1n) is 18.9. The van der Waals surface area contributed by atoms with Gasteiger partial charge in [0.05, 0.1) is 0 Å². The average molecular weight is 996 g/mol. The van der Waals surface area contributed by atoms with Gasteiger partial charge in [-0.1, -0.05) is 0 Å². The summed E-state index contributed by atoms with van der Waals surface area (Å²) >= 11 is -3.85. The quantitative estimate of drug-likeness (QED) is 0.0861. The first kappa shape index (κ1) is 41.1. The molecule has 0 N–H and O–H groups in total. The molecule has 5 heteroatoms. The number of fused-ring (bicyclic) bond motifs is 6. The molecule has 2 aromatic heterocycles. The van der Waals surface area contributed by atoms with Crippen molar-refractivity contribution in [2.45, 2.75) is 75.1 Å². The molecule has 0 saturated carbocycles. The Bertz CT molecular complexity index is 2300. The Hall–Kier alpha value is -3.08. The smallest absolute Gasteiger partial charge is 0 e. The largest absolute Gasteiger partial charge is 0 e. The van der Waals surface area contributed by atoms with Gasteiger partial charge in [0.15, 0.2) is 0 Å². The Morgan fingerprint density at radius 2 is 0.943 bits per heavy atom. The minimum Gasteiger partial charge on any atom is 0 e. The van der Waals surface area contributed by atoms with Crippen LogP contribution in [0.2, 0.25) is 34.5 Å². The van der Waals surface area contributed by atoms with E-state index in [1.807, 2.05) is 18.2 Å². The third-order valence-electron chi connectivity index (χ3n) is 9.79. The van der Waals surface area contributed by atoms with Gasteiger partial charge >= 0.3 is 320 Å². The van der Waals surface area contributed by atoms with Gasteiger partial charge in [-0.3, -0.25) is 0 Å². The second-order valence-electron chi connectivity index (χ2n) is 17.2. The summed E-state index contributed by atoms with van der Waals surface area (Å²) < 4.78 is 3.07. The predicted octanol–water partition coefficient (Wildman–Crippen LogP) is 12.0. The monoisotopic (exact) mass is 999 g/mol. The van der Waals surface area contributed by atoms with Crippen molar-refractivity contribution in [3.05, 3.63) is 133 Å². The number of pyridine rings is 2. The van der Waals surface area contributed by atoms with E-state index in [0.29, 0.717) is 11.8 Å². The molecule has 0 bridgehead atoms. The second-order valence-corrected chi connectivity index (χ2v) is 38.3. The van der Waals surface area contributed by atoms with Crippen LogP contribution in [0.4, 0.5) is 0 Å². The SMILES string of the molecule is CC(C)Cc1cc(-c2[c-]cc3c4ccccc4c4ccccc4c3c2)nc[c]1[Ge]([CH3])([CH3])[CH3].CC(C)Cc1cc(-c2[c-]cccc2)nc[c]1[Ge]([CH3])([CH3])[CH3].[Ir]. The van der Waals surface area contributed by atoms with Gasteiger partial charge in [-0.25, -0.2) is 0 Å². The van der Waals surface area contributed by atoms with Gasteiger partial charge < -0.3 is 0 Å². The first-order chi connectivity index (χ1) is 24.7. The second kappa shape index (κ2) is 17.2. The molecule has 275 valence electrons. The van der Waals surface area contributed by atoms with Crippen molar-refractivity contribution in [3.8, 4) is 22.5 Å². The van der Waals surface area contributed by atoms with Crippen LogP contribution in [0.25, 0.3) is 54.8 Å². The maximum Gasteiger partial charge on any atom is 0 e. The summed E-state index contributed by atoms with van der Waals surface area (Å²) in [7, 11) is 0. The van der Waals surface area contributed by atoms with Crippen molar-refractivity contribution in [2.24, 2.45) is 11.8 Å². The van der Waals surface area contributed by atoms with E-state index in [-0.39, 0.29) is 20.1 Å². The molecule has 0 fully saturated rings. The molecule has 0 atom stereocenters. The van der Waals surface area contributed by atoms with Gasteiger partial charge in [0.1, 0.15) is 0 Å². The van der Waals surface area contributed by atoms with Crippen molar-refractivity contribution < 1.29 is 20.1 Å². The fourth-order valence-electron chi connectivity index (χ4n) is 7.40. The van der Waals surface area contributed by atoms with Gasteiger partial charge in [-0.05, 0) is 0 Å². The molecule has 2 nitrogen and oxygen atoms in total. The van der Waals surface area contributed by atoms with Crippen LogP contribution < -0.4 is 8.79 Å². The van der Waals surface area contributed by atoms with E-state index in [4.69, 9.17) is 9.97 Å². The van der Waals surface area contributed by atoms with Gasteiger partial charge in [0.2, 0.25) is 0 Å². The maximum absolute atomic E-state index is 4.95. The zero-order valence-electron chi connectivity index (χ0n) is 33.2. The molecule has 1 radical (unpaired) electrons. The fourth-order valence-corrected chi connectivity index (χ4v) is 14.1. The zero-order chi connectivity index (χ0) is 37.2. The number of benzene rings is 5. The van der Waals surface area contributed by atoms with Gasteiger partial charge in [-0.2, -0.15) is 0 Å². The van der Waals surface area contributed by atoms with Crippen LogP contribution in [0, 0.1) is 24.0 Å². The molecule has 0 aliphatic heterocycles. The first-order valence-corrected chi connectivity index (χ1v) is 33.6. The summed E-state index contributed by atoms with van der Waals surface area (Å²) in [6.45, 7) is 9.18. The number of rotatable bonds is 8. The average Bonchev–Trinajstić information content (AvgIpc) is 3.11. The summed E-state index contributed by atoms with van der Waals surface area (Å²) in [5.74, 6) is 16.0. The zero-order valence-corrected chi connectivity index (χ0v) is 39.8. The molecule has 5 aromatic carbocycles. The molecular formula is C48H54Ge2IrN2-2. The van der Waals surface area contributed by atoms with E-state index < -0.39 is 26.5 Å². The minimum atomic E-state index is -1.99. The molecular weight excluding hydrogens is 942 g/mol. The maximum atomic E-state index is 4.95. The van der Waals surface area contributed by atoms with Gasteiger partial charge in [0, 0.05) is 20.1 Å². The van der Waals surface area contributed by atoms with Crippen molar-refractivity contribution in [1.29, 1.82) is 0 Å². The molecule has 0 saturated heterocycles. The summed E-state index contributed by atoms with van der Waals surface area (Å²) in [5, 5.41) is 7.71. The predicted molar refractivity (Wildman–Crippen MR) is 233 cm³/mol. The van der Waals surface area contributed by atoms with Crippen molar-refractivity contribution in [1.82, 2.24) is 9.97 Å². The minimum absolute atomic E-state index is 0. The van der Waals surface area contributed by atoms with Crippen LogP contribution in [-0.2, 0) is 32.9 Å². The molecule has 0 spiro atoms. The summed E-state index contributed by atoms with van der Waals surface area (Å²) in [6.07, 6.45) is 6.55. The van der Waals surface area contributed by atoms with Crippen LogP contribution in [-0.4, -0.2) is 36.5 Å². The van der Waals surface area contributed by atoms with Crippen LogP contribution in [0.3, 0.4) is 0 Å². The summed E-state index contributed by atoms with van der Waals surface area (Å²) in [5.41, 5.74) is 7.23. The molecule has 0 unspecified atom stereocenters. The van der Waals surface area contributed by atoms with Crippen LogP contribution >= 0.6 is 0 Å². The summed E-state index contributed by atoms with van der Waals surface area (Å²) in [4.78, 5) is 9.65. The van der Waals surface area contributed by atoms with Gasteiger partial charge in [0.25, 0.3) is 0 Å². The number of hydrogen-bond donors (Lipinski definition) is 0. The van der Waals surface area contributed by atoms with Crippen molar-refractivity contribution in [2.75, 3.05) is 0 Å². The van der Waals surface area contributed by atoms with Crippen LogP contribution in [0.15, 0.2) is 109 Å². The third kappa shape index (κ3) is 9.60. The third-order valence-corrected chi connectivity index (χ3v) is 18.5. The Morgan fingerprint density at radius 1 is 0.509 bits per heavy atom. The number of nitrogens with zero attached hydrogens (tertiary/aromatic N) is 2. The van der Waals surface area contributed by atoms with E-state index >= 15 is 0 Å². The Morgan fingerprint density at radius 3 is 1.38 bits per heavy atom. The topological polar surface area (TPSA) is 25.8 Å². The number of aromatic nitrogens is 2. The van der Waals surface area contributed by atoms with Crippen LogP contribution in [0.1, 0.15) is 38.8 Å².